The average Bonchev–Trinajstić information content (AvgIpc) is 2.38. The molecule has 0 aliphatic heterocycles. The molecule has 0 amide bonds. The Kier molecular flexibility index (Phi) is 6.00. The molecule has 0 aliphatic rings. The lowest BCUT2D eigenvalue weighted by Crippen LogP contribution is -2.33. The molecule has 21 heavy (non-hydrogen) atoms. The van der Waals surface area contributed by atoms with E-state index in [4.69, 9.17) is 0 Å². The summed E-state index contributed by atoms with van der Waals surface area (Å²) in [5.41, 5.74) is 3.62. The Balaban J connectivity index is 3.39. The SMILES string of the molecule is CNC(c1ccc(C(C)C)cc1C(C)C)C(C)S(C)(=O)=O. The van der Waals surface area contributed by atoms with Crippen LogP contribution in [0.4, 0.5) is 0 Å². The molecule has 120 valence electrons. The fourth-order valence-corrected chi connectivity index (χ4v) is 3.40. The smallest absolute Gasteiger partial charge is 0.151 e. The third-order valence-corrected chi connectivity index (χ3v) is 5.81. The molecule has 1 aromatic rings. The second-order valence-corrected chi connectivity index (χ2v) is 8.90. The zero-order valence-corrected chi connectivity index (χ0v) is 15.1. The van der Waals surface area contributed by atoms with Crippen molar-refractivity contribution in [1.29, 1.82) is 0 Å². The van der Waals surface area contributed by atoms with Gasteiger partial charge in [0, 0.05) is 12.3 Å². The monoisotopic (exact) mass is 311 g/mol. The summed E-state index contributed by atoms with van der Waals surface area (Å²) < 4.78 is 23.8. The first kappa shape index (κ1) is 18.2. The van der Waals surface area contributed by atoms with Crippen LogP contribution in [0.15, 0.2) is 18.2 Å². The molecule has 1 aromatic carbocycles. The van der Waals surface area contributed by atoms with Gasteiger partial charge in [0.15, 0.2) is 9.84 Å². The van der Waals surface area contributed by atoms with Crippen molar-refractivity contribution in [2.24, 2.45) is 0 Å². The van der Waals surface area contributed by atoms with Gasteiger partial charge in [0.1, 0.15) is 0 Å². The summed E-state index contributed by atoms with van der Waals surface area (Å²) in [6.45, 7) is 10.4. The van der Waals surface area contributed by atoms with Crippen molar-refractivity contribution in [3.8, 4) is 0 Å². The Morgan fingerprint density at radius 2 is 1.52 bits per heavy atom. The summed E-state index contributed by atoms with van der Waals surface area (Å²) >= 11 is 0. The van der Waals surface area contributed by atoms with Gasteiger partial charge >= 0.3 is 0 Å². The minimum absolute atomic E-state index is 0.182. The predicted molar refractivity (Wildman–Crippen MR) is 90.7 cm³/mol. The fraction of sp³-hybridized carbons (Fsp3) is 0.647. The van der Waals surface area contributed by atoms with Gasteiger partial charge in [0.25, 0.3) is 0 Å². The van der Waals surface area contributed by atoms with Gasteiger partial charge in [-0.1, -0.05) is 45.9 Å². The molecule has 0 heterocycles. The highest BCUT2D eigenvalue weighted by molar-refractivity contribution is 7.91. The molecule has 0 aromatic heterocycles. The largest absolute Gasteiger partial charge is 0.312 e. The zero-order valence-electron chi connectivity index (χ0n) is 14.3. The Hall–Kier alpha value is -0.870. The third-order valence-electron chi connectivity index (χ3n) is 4.19. The molecule has 0 bridgehead atoms. The Morgan fingerprint density at radius 1 is 0.952 bits per heavy atom. The van der Waals surface area contributed by atoms with Crippen LogP contribution in [0.5, 0.6) is 0 Å². The molecule has 1 N–H and O–H groups in total. The Morgan fingerprint density at radius 3 is 1.90 bits per heavy atom. The average molecular weight is 311 g/mol. The molecule has 0 radical (unpaired) electrons. The van der Waals surface area contributed by atoms with E-state index in [0.29, 0.717) is 11.8 Å². The second kappa shape index (κ2) is 6.93. The second-order valence-electron chi connectivity index (χ2n) is 6.50. The van der Waals surface area contributed by atoms with Gasteiger partial charge < -0.3 is 5.32 Å². The van der Waals surface area contributed by atoms with Crippen molar-refractivity contribution in [3.05, 3.63) is 34.9 Å². The van der Waals surface area contributed by atoms with Crippen LogP contribution >= 0.6 is 0 Å². The number of benzene rings is 1. The first-order chi connectivity index (χ1) is 9.59. The van der Waals surface area contributed by atoms with Crippen LogP contribution in [0, 0.1) is 0 Å². The number of nitrogens with one attached hydrogen (secondary N) is 1. The maximum Gasteiger partial charge on any atom is 0.151 e. The van der Waals surface area contributed by atoms with Gasteiger partial charge in [-0.3, -0.25) is 0 Å². The van der Waals surface area contributed by atoms with Gasteiger partial charge in [-0.2, -0.15) is 0 Å². The van der Waals surface area contributed by atoms with Crippen molar-refractivity contribution < 1.29 is 8.42 Å². The molecular formula is C17H29NO2S. The van der Waals surface area contributed by atoms with Crippen molar-refractivity contribution in [3.63, 3.8) is 0 Å². The molecule has 2 atom stereocenters. The highest BCUT2D eigenvalue weighted by Crippen LogP contribution is 2.31. The van der Waals surface area contributed by atoms with E-state index < -0.39 is 15.1 Å². The maximum atomic E-state index is 11.9. The van der Waals surface area contributed by atoms with Crippen molar-refractivity contribution in [2.75, 3.05) is 13.3 Å². The third kappa shape index (κ3) is 4.30. The lowest BCUT2D eigenvalue weighted by atomic mass is 9.88. The van der Waals surface area contributed by atoms with Crippen molar-refractivity contribution in [1.82, 2.24) is 5.32 Å². The van der Waals surface area contributed by atoms with Crippen molar-refractivity contribution in [2.45, 2.75) is 57.7 Å². The summed E-state index contributed by atoms with van der Waals surface area (Å²) in [5, 5.41) is 2.74. The lowest BCUT2D eigenvalue weighted by Gasteiger charge is -2.27. The lowest BCUT2D eigenvalue weighted by molar-refractivity contribution is 0.530. The van der Waals surface area contributed by atoms with E-state index in [2.05, 4.69) is 51.2 Å². The van der Waals surface area contributed by atoms with Gasteiger partial charge in [-0.05, 0) is 42.5 Å². The van der Waals surface area contributed by atoms with Crippen LogP contribution in [0.2, 0.25) is 0 Å². The van der Waals surface area contributed by atoms with Crippen LogP contribution in [-0.4, -0.2) is 27.0 Å². The van der Waals surface area contributed by atoms with Crippen LogP contribution in [-0.2, 0) is 9.84 Å². The summed E-state index contributed by atoms with van der Waals surface area (Å²) in [5.74, 6) is 0.832. The summed E-state index contributed by atoms with van der Waals surface area (Å²) in [6, 6.07) is 6.25. The molecular weight excluding hydrogens is 282 g/mol. The van der Waals surface area contributed by atoms with Crippen LogP contribution in [0.25, 0.3) is 0 Å². The number of rotatable bonds is 6. The highest BCUT2D eigenvalue weighted by Gasteiger charge is 2.28. The van der Waals surface area contributed by atoms with E-state index in [1.54, 1.807) is 6.92 Å². The topological polar surface area (TPSA) is 46.2 Å². The Labute approximate surface area is 130 Å². The first-order valence-corrected chi connectivity index (χ1v) is 9.54. The van der Waals surface area contributed by atoms with Gasteiger partial charge in [-0.25, -0.2) is 8.42 Å². The molecule has 0 aliphatic carbocycles. The standard InChI is InChI=1S/C17H29NO2S/c1-11(2)14-8-9-15(16(10-14)12(3)4)17(18-6)13(5)21(7,19)20/h8-13,17-18H,1-7H3. The summed E-state index contributed by atoms with van der Waals surface area (Å²) in [6.07, 6.45) is 1.31. The first-order valence-electron chi connectivity index (χ1n) is 7.59. The van der Waals surface area contributed by atoms with E-state index in [0.717, 1.165) is 5.56 Å². The number of hydrogen-bond acceptors (Lipinski definition) is 3. The van der Waals surface area contributed by atoms with Crippen molar-refractivity contribution >= 4 is 9.84 Å². The highest BCUT2D eigenvalue weighted by atomic mass is 32.2. The Bertz CT molecular complexity index is 576. The molecule has 4 heteroatoms. The molecule has 2 unspecified atom stereocenters. The number of sulfone groups is 1. The summed E-state index contributed by atoms with van der Waals surface area (Å²) in [7, 11) is -1.27. The van der Waals surface area contributed by atoms with E-state index in [1.807, 2.05) is 7.05 Å². The minimum atomic E-state index is -3.09. The molecule has 1 rings (SSSR count). The molecule has 0 fully saturated rings. The van der Waals surface area contributed by atoms with E-state index >= 15 is 0 Å². The quantitative estimate of drug-likeness (QED) is 0.872. The normalized spacial score (nSPS) is 15.5. The minimum Gasteiger partial charge on any atom is -0.312 e. The van der Waals surface area contributed by atoms with Crippen LogP contribution in [0.1, 0.15) is 69.2 Å². The van der Waals surface area contributed by atoms with Gasteiger partial charge in [-0.15, -0.1) is 0 Å². The zero-order chi connectivity index (χ0) is 16.4. The molecule has 0 spiro atoms. The fourth-order valence-electron chi connectivity index (χ4n) is 2.63. The number of hydrogen-bond donors (Lipinski definition) is 1. The van der Waals surface area contributed by atoms with Crippen LogP contribution in [0.3, 0.4) is 0 Å². The van der Waals surface area contributed by atoms with Gasteiger partial charge in [0.2, 0.25) is 0 Å². The van der Waals surface area contributed by atoms with E-state index in [9.17, 15) is 8.42 Å². The summed E-state index contributed by atoms with van der Waals surface area (Å²) in [4.78, 5) is 0. The van der Waals surface area contributed by atoms with Crippen LogP contribution < -0.4 is 5.32 Å². The molecule has 0 saturated carbocycles. The van der Waals surface area contributed by atoms with E-state index in [1.165, 1.54) is 17.4 Å². The predicted octanol–water partition coefficient (Wildman–Crippen LogP) is 3.63. The van der Waals surface area contributed by atoms with Gasteiger partial charge in [0.05, 0.1) is 5.25 Å². The maximum absolute atomic E-state index is 11.9. The molecule has 3 nitrogen and oxygen atoms in total. The van der Waals surface area contributed by atoms with E-state index in [-0.39, 0.29) is 6.04 Å². The molecule has 0 saturated heterocycles.